The van der Waals surface area contributed by atoms with Crippen LogP contribution in [0.25, 0.3) is 0 Å². The van der Waals surface area contributed by atoms with E-state index in [0.29, 0.717) is 33.6 Å². The molecule has 1 saturated heterocycles. The van der Waals surface area contributed by atoms with Gasteiger partial charge >= 0.3 is 142 Å². The van der Waals surface area contributed by atoms with E-state index in [1.54, 1.807) is 0 Å². The monoisotopic (exact) mass is 371 g/mol. The number of carbonyl (C=O) groups excluding carboxylic acids is 1. The number of hydrogen-bond donors (Lipinski definition) is 0. The molecule has 0 N–H and O–H groups in total. The van der Waals surface area contributed by atoms with Gasteiger partial charge in [-0.3, -0.25) is 0 Å². The van der Waals surface area contributed by atoms with Crippen LogP contribution in [0.15, 0.2) is 0 Å². The molecule has 0 aromatic heterocycles. The Bertz CT molecular complexity index is 365. The third-order valence-electron chi connectivity index (χ3n) is 4.34. The van der Waals surface area contributed by atoms with Crippen LogP contribution in [0.1, 0.15) is 26.7 Å². The number of nitrogens with zero attached hydrogens (tertiary/aromatic N) is 2. The molecule has 0 bridgehead atoms. The summed E-state index contributed by atoms with van der Waals surface area (Å²) in [6, 6.07) is 0.799. The molecule has 1 heterocycles. The van der Waals surface area contributed by atoms with Gasteiger partial charge in [0.15, 0.2) is 0 Å². The summed E-state index contributed by atoms with van der Waals surface area (Å²) in [7, 11) is 4.24. The fourth-order valence-electron chi connectivity index (χ4n) is 2.81. The second kappa shape index (κ2) is 8.56. The van der Waals surface area contributed by atoms with E-state index in [-0.39, 0.29) is 6.09 Å². The van der Waals surface area contributed by atoms with Crippen molar-refractivity contribution < 1.29 is 9.53 Å². The SMILES string of the molecule is CCOC(=O)N1CCCC1C[Se][C]1[CH][CH][CH][C]1[C@H](C)N(C)C. The summed E-state index contributed by atoms with van der Waals surface area (Å²) in [5.41, 5.74) is 0. The zero-order valence-electron chi connectivity index (χ0n) is 14.0. The summed E-state index contributed by atoms with van der Waals surface area (Å²) in [6.07, 6.45) is 8.72. The summed E-state index contributed by atoms with van der Waals surface area (Å²) in [5.74, 6) is 1.44. The molecule has 5 heteroatoms. The van der Waals surface area contributed by atoms with E-state index in [1.165, 1.54) is 10.7 Å². The number of amides is 1. The van der Waals surface area contributed by atoms with Crippen LogP contribution in [-0.4, -0.2) is 70.2 Å². The first kappa shape index (κ1) is 18.1. The number of ether oxygens (including phenoxy) is 1. The molecule has 1 amide bonds. The molecule has 0 aromatic carbocycles. The van der Waals surface area contributed by atoms with Crippen molar-refractivity contribution in [2.24, 2.45) is 0 Å². The van der Waals surface area contributed by atoms with Crippen LogP contribution < -0.4 is 0 Å². The third kappa shape index (κ3) is 4.39. The van der Waals surface area contributed by atoms with Gasteiger partial charge in [-0.25, -0.2) is 0 Å². The van der Waals surface area contributed by atoms with E-state index in [4.69, 9.17) is 4.74 Å². The molecular weight excluding hydrogens is 343 g/mol. The Hall–Kier alpha value is -0.251. The van der Waals surface area contributed by atoms with Crippen molar-refractivity contribution >= 4 is 21.1 Å². The van der Waals surface area contributed by atoms with Gasteiger partial charge in [-0.05, 0) is 0 Å². The molecule has 0 aromatic rings. The predicted octanol–water partition coefficient (Wildman–Crippen LogP) is 2.41. The van der Waals surface area contributed by atoms with Gasteiger partial charge in [0.2, 0.25) is 0 Å². The van der Waals surface area contributed by atoms with Gasteiger partial charge in [-0.1, -0.05) is 0 Å². The first-order valence-electron chi connectivity index (χ1n) is 8.02. The zero-order chi connectivity index (χ0) is 16.1. The maximum atomic E-state index is 12.0. The van der Waals surface area contributed by atoms with Gasteiger partial charge in [-0.15, -0.1) is 0 Å². The quantitative estimate of drug-likeness (QED) is 0.674. The van der Waals surface area contributed by atoms with Crippen molar-refractivity contribution in [3.63, 3.8) is 0 Å². The van der Waals surface area contributed by atoms with E-state index in [1.807, 2.05) is 11.8 Å². The van der Waals surface area contributed by atoms with Crippen LogP contribution in [0, 0.1) is 30.0 Å². The Morgan fingerprint density at radius 2 is 2.27 bits per heavy atom. The Balaban J connectivity index is 1.85. The van der Waals surface area contributed by atoms with Crippen LogP contribution >= 0.6 is 0 Å². The topological polar surface area (TPSA) is 32.8 Å². The fourth-order valence-corrected chi connectivity index (χ4v) is 5.54. The molecule has 1 saturated carbocycles. The van der Waals surface area contributed by atoms with Gasteiger partial charge in [0.05, 0.1) is 0 Å². The van der Waals surface area contributed by atoms with Crippen molar-refractivity contribution in [3.8, 4) is 0 Å². The summed E-state index contributed by atoms with van der Waals surface area (Å²) < 4.78 is 5.17. The van der Waals surface area contributed by atoms with Crippen molar-refractivity contribution in [3.05, 3.63) is 30.0 Å². The number of hydrogen-bond acceptors (Lipinski definition) is 3. The molecule has 5 radical (unpaired) electrons. The maximum absolute atomic E-state index is 12.0. The standard InChI is InChI=1S/C17H27N2O2Se/c1-5-21-17(20)19-11-7-8-14(19)12-22-16-10-6-9-15(16)13(2)18(3)4/h6,9-10,13-14H,5,7-8,11-12H2,1-4H3/t13-,14?/m0/s1. The third-order valence-corrected chi connectivity index (χ3v) is 6.93. The Labute approximate surface area is 142 Å². The molecule has 2 atom stereocenters. The predicted molar refractivity (Wildman–Crippen MR) is 89.8 cm³/mol. The molecule has 1 aliphatic carbocycles. The number of carbonyl (C=O) groups is 1. The number of rotatable bonds is 6. The summed E-state index contributed by atoms with van der Waals surface area (Å²) in [4.78, 5) is 17.6. The summed E-state index contributed by atoms with van der Waals surface area (Å²) >= 11 is 0.406. The number of likely N-dealkylation sites (tertiary alicyclic amines) is 1. The zero-order valence-corrected chi connectivity index (χ0v) is 15.8. The Morgan fingerprint density at radius 3 is 2.95 bits per heavy atom. The molecule has 4 nitrogen and oxygen atoms in total. The van der Waals surface area contributed by atoms with Gasteiger partial charge in [0.1, 0.15) is 0 Å². The Kier molecular flexibility index (Phi) is 7.04. The van der Waals surface area contributed by atoms with Crippen LogP contribution in [-0.2, 0) is 4.74 Å². The minimum atomic E-state index is -0.134. The van der Waals surface area contributed by atoms with Crippen molar-refractivity contribution in [1.29, 1.82) is 0 Å². The van der Waals surface area contributed by atoms with Crippen LogP contribution in [0.2, 0.25) is 5.32 Å². The molecule has 2 aliphatic rings. The first-order chi connectivity index (χ1) is 10.5. The molecule has 1 unspecified atom stereocenters. The van der Waals surface area contributed by atoms with E-state index >= 15 is 0 Å². The van der Waals surface area contributed by atoms with Gasteiger partial charge in [-0.2, -0.15) is 0 Å². The fraction of sp³-hybridized carbons (Fsp3) is 0.647. The van der Waals surface area contributed by atoms with E-state index in [2.05, 4.69) is 45.2 Å². The summed E-state index contributed by atoms with van der Waals surface area (Å²) in [5, 5.41) is 1.09. The first-order valence-corrected chi connectivity index (χ1v) is 10.1. The normalized spacial score (nSPS) is 25.1. The average molecular weight is 370 g/mol. The van der Waals surface area contributed by atoms with Crippen LogP contribution in [0.5, 0.6) is 0 Å². The van der Waals surface area contributed by atoms with E-state index < -0.39 is 0 Å². The van der Waals surface area contributed by atoms with E-state index in [9.17, 15) is 4.79 Å². The molecule has 0 spiro atoms. The van der Waals surface area contributed by atoms with Gasteiger partial charge in [0, 0.05) is 0 Å². The molecule has 1 aliphatic heterocycles. The molecular formula is C17H27N2O2Se. The Morgan fingerprint density at radius 1 is 1.50 bits per heavy atom. The molecule has 2 rings (SSSR count). The van der Waals surface area contributed by atoms with Crippen molar-refractivity contribution in [2.75, 3.05) is 27.2 Å². The van der Waals surface area contributed by atoms with Gasteiger partial charge in [0.25, 0.3) is 0 Å². The van der Waals surface area contributed by atoms with Crippen LogP contribution in [0.3, 0.4) is 0 Å². The van der Waals surface area contributed by atoms with Crippen LogP contribution in [0.4, 0.5) is 4.79 Å². The molecule has 123 valence electrons. The molecule has 22 heavy (non-hydrogen) atoms. The van der Waals surface area contributed by atoms with Gasteiger partial charge < -0.3 is 0 Å². The second-order valence-corrected chi connectivity index (χ2v) is 8.21. The van der Waals surface area contributed by atoms with E-state index in [0.717, 1.165) is 24.7 Å². The average Bonchev–Trinajstić information content (AvgIpc) is 3.13. The van der Waals surface area contributed by atoms with Crippen molar-refractivity contribution in [1.82, 2.24) is 9.80 Å². The second-order valence-electron chi connectivity index (χ2n) is 5.98. The summed E-state index contributed by atoms with van der Waals surface area (Å²) in [6.45, 7) is 5.42. The molecule has 2 fully saturated rings. The van der Waals surface area contributed by atoms with Crippen molar-refractivity contribution in [2.45, 2.75) is 44.1 Å². The minimum absolute atomic E-state index is 0.134.